The maximum absolute atomic E-state index is 12.9. The summed E-state index contributed by atoms with van der Waals surface area (Å²) in [6.07, 6.45) is -1.40. The topological polar surface area (TPSA) is 41.1 Å². The Hall–Kier alpha value is -0.780. The predicted octanol–water partition coefficient (Wildman–Crippen LogP) is 1.83. The van der Waals surface area contributed by atoms with Crippen molar-refractivity contribution < 1.29 is 18.0 Å². The Labute approximate surface area is 104 Å². The predicted molar refractivity (Wildman–Crippen MR) is 60.9 cm³/mol. The van der Waals surface area contributed by atoms with Crippen molar-refractivity contribution in [2.24, 2.45) is 11.8 Å². The van der Waals surface area contributed by atoms with Crippen LogP contribution < -0.4 is 10.6 Å². The highest BCUT2D eigenvalue weighted by atomic mass is 19.4. The first-order valence-corrected chi connectivity index (χ1v) is 6.53. The number of hydrogen-bond donors (Lipinski definition) is 2. The number of alkyl halides is 3. The van der Waals surface area contributed by atoms with Crippen molar-refractivity contribution in [1.29, 1.82) is 0 Å². The van der Waals surface area contributed by atoms with Gasteiger partial charge >= 0.3 is 6.18 Å². The SMILES string of the molecule is O=C(CC1CC1)NC1CCNCCC1C(F)(F)F. The number of carbonyl (C=O) groups is 1. The first-order chi connectivity index (χ1) is 8.47. The Kier molecular flexibility index (Phi) is 4.14. The second-order valence-electron chi connectivity index (χ2n) is 5.30. The standard InChI is InChI=1S/C12H19F3N2O/c13-12(14,15)9-3-5-16-6-4-10(9)17-11(18)7-8-1-2-8/h8-10,16H,1-7H2,(H,17,18). The highest BCUT2D eigenvalue weighted by Gasteiger charge is 2.45. The van der Waals surface area contributed by atoms with E-state index in [1.165, 1.54) is 0 Å². The van der Waals surface area contributed by atoms with Gasteiger partial charge in [-0.05, 0) is 44.7 Å². The van der Waals surface area contributed by atoms with Crippen molar-refractivity contribution in [3.05, 3.63) is 0 Å². The van der Waals surface area contributed by atoms with E-state index in [0.29, 0.717) is 31.8 Å². The lowest BCUT2D eigenvalue weighted by molar-refractivity contribution is -0.183. The van der Waals surface area contributed by atoms with E-state index in [9.17, 15) is 18.0 Å². The lowest BCUT2D eigenvalue weighted by Gasteiger charge is -2.27. The molecule has 0 aromatic carbocycles. The van der Waals surface area contributed by atoms with Gasteiger partial charge in [0.25, 0.3) is 0 Å². The van der Waals surface area contributed by atoms with Crippen molar-refractivity contribution in [1.82, 2.24) is 10.6 Å². The van der Waals surface area contributed by atoms with Crippen LogP contribution in [-0.4, -0.2) is 31.2 Å². The van der Waals surface area contributed by atoms with Gasteiger partial charge in [-0.25, -0.2) is 0 Å². The van der Waals surface area contributed by atoms with Crippen molar-refractivity contribution in [3.8, 4) is 0 Å². The van der Waals surface area contributed by atoms with Crippen LogP contribution in [0.4, 0.5) is 13.2 Å². The minimum absolute atomic E-state index is 0.0396. The molecule has 18 heavy (non-hydrogen) atoms. The summed E-state index contributed by atoms with van der Waals surface area (Å²) in [5.41, 5.74) is 0. The first-order valence-electron chi connectivity index (χ1n) is 6.53. The molecule has 0 spiro atoms. The third-order valence-corrected chi connectivity index (χ3v) is 3.69. The van der Waals surface area contributed by atoms with Crippen LogP contribution in [0.15, 0.2) is 0 Å². The lowest BCUT2D eigenvalue weighted by atomic mass is 9.94. The molecule has 2 atom stereocenters. The maximum Gasteiger partial charge on any atom is 0.393 e. The Morgan fingerprint density at radius 1 is 1.17 bits per heavy atom. The molecular formula is C12H19F3N2O. The van der Waals surface area contributed by atoms with Crippen LogP contribution in [-0.2, 0) is 4.79 Å². The fourth-order valence-electron chi connectivity index (χ4n) is 2.46. The van der Waals surface area contributed by atoms with E-state index < -0.39 is 18.1 Å². The number of carbonyl (C=O) groups excluding carboxylic acids is 1. The summed E-state index contributed by atoms with van der Waals surface area (Å²) in [7, 11) is 0. The Morgan fingerprint density at radius 3 is 2.44 bits per heavy atom. The molecule has 1 saturated heterocycles. The summed E-state index contributed by atoms with van der Waals surface area (Å²) in [6, 6.07) is -0.772. The molecule has 6 heteroatoms. The minimum atomic E-state index is -4.23. The molecule has 2 unspecified atom stereocenters. The normalized spacial score (nSPS) is 29.7. The molecule has 0 aromatic rings. The van der Waals surface area contributed by atoms with E-state index >= 15 is 0 Å². The van der Waals surface area contributed by atoms with Crippen molar-refractivity contribution in [2.45, 2.75) is 44.3 Å². The molecule has 104 valence electrons. The molecule has 1 aliphatic heterocycles. The largest absolute Gasteiger partial charge is 0.393 e. The molecule has 1 aliphatic carbocycles. The van der Waals surface area contributed by atoms with Gasteiger partial charge in [0.2, 0.25) is 5.91 Å². The quantitative estimate of drug-likeness (QED) is 0.816. The van der Waals surface area contributed by atoms with Crippen LogP contribution in [0.2, 0.25) is 0 Å². The molecule has 0 radical (unpaired) electrons. The third kappa shape index (κ3) is 3.86. The zero-order chi connectivity index (χ0) is 13.2. The molecule has 2 rings (SSSR count). The molecule has 3 nitrogen and oxygen atoms in total. The van der Waals surface area contributed by atoms with Crippen LogP contribution in [0.25, 0.3) is 0 Å². The summed E-state index contributed by atoms with van der Waals surface area (Å²) in [4.78, 5) is 11.6. The Bertz CT molecular complexity index is 302. The molecule has 2 fully saturated rings. The first kappa shape index (κ1) is 13.6. The molecule has 0 bridgehead atoms. The van der Waals surface area contributed by atoms with E-state index in [-0.39, 0.29) is 12.3 Å². The Balaban J connectivity index is 1.93. The van der Waals surface area contributed by atoms with E-state index in [2.05, 4.69) is 10.6 Å². The highest BCUT2D eigenvalue weighted by molar-refractivity contribution is 5.76. The molecule has 1 heterocycles. The summed E-state index contributed by atoms with van der Waals surface area (Å²) in [6.45, 7) is 0.889. The molecule has 1 amide bonds. The zero-order valence-corrected chi connectivity index (χ0v) is 10.2. The second-order valence-corrected chi connectivity index (χ2v) is 5.30. The number of halogens is 3. The van der Waals surface area contributed by atoms with Crippen LogP contribution >= 0.6 is 0 Å². The molecular weight excluding hydrogens is 245 g/mol. The summed E-state index contributed by atoms with van der Waals surface area (Å²) >= 11 is 0. The van der Waals surface area contributed by atoms with Gasteiger partial charge in [0, 0.05) is 12.5 Å². The van der Waals surface area contributed by atoms with Crippen molar-refractivity contribution >= 4 is 5.91 Å². The van der Waals surface area contributed by atoms with Gasteiger partial charge in [0.1, 0.15) is 0 Å². The lowest BCUT2D eigenvalue weighted by Crippen LogP contribution is -2.46. The van der Waals surface area contributed by atoms with Crippen molar-refractivity contribution in [3.63, 3.8) is 0 Å². The third-order valence-electron chi connectivity index (χ3n) is 3.69. The monoisotopic (exact) mass is 264 g/mol. The van der Waals surface area contributed by atoms with Crippen molar-refractivity contribution in [2.75, 3.05) is 13.1 Å². The maximum atomic E-state index is 12.9. The van der Waals surface area contributed by atoms with Crippen LogP contribution in [0.1, 0.15) is 32.1 Å². The number of hydrogen-bond acceptors (Lipinski definition) is 2. The van der Waals surface area contributed by atoms with Gasteiger partial charge < -0.3 is 10.6 Å². The van der Waals surface area contributed by atoms with E-state index in [1.54, 1.807) is 0 Å². The number of nitrogens with one attached hydrogen (secondary N) is 2. The van der Waals surface area contributed by atoms with Gasteiger partial charge in [-0.2, -0.15) is 13.2 Å². The highest BCUT2D eigenvalue weighted by Crippen LogP contribution is 2.35. The van der Waals surface area contributed by atoms with Crippen LogP contribution in [0, 0.1) is 11.8 Å². The Morgan fingerprint density at radius 2 is 1.83 bits per heavy atom. The summed E-state index contributed by atoms with van der Waals surface area (Å²) in [5.74, 6) is -1.24. The van der Waals surface area contributed by atoms with Gasteiger partial charge in [0.15, 0.2) is 0 Å². The minimum Gasteiger partial charge on any atom is -0.353 e. The second kappa shape index (κ2) is 5.47. The van der Waals surface area contributed by atoms with Crippen LogP contribution in [0.3, 0.4) is 0 Å². The van der Waals surface area contributed by atoms with E-state index in [1.807, 2.05) is 0 Å². The average Bonchev–Trinajstić information content (AvgIpc) is 3.03. The average molecular weight is 264 g/mol. The molecule has 0 aromatic heterocycles. The van der Waals surface area contributed by atoms with Gasteiger partial charge in [-0.15, -0.1) is 0 Å². The van der Waals surface area contributed by atoms with E-state index in [4.69, 9.17) is 0 Å². The number of rotatable bonds is 3. The van der Waals surface area contributed by atoms with Crippen LogP contribution in [0.5, 0.6) is 0 Å². The molecule has 1 saturated carbocycles. The van der Waals surface area contributed by atoms with E-state index in [0.717, 1.165) is 12.8 Å². The summed E-state index contributed by atoms with van der Waals surface area (Å²) < 4.78 is 38.8. The molecule has 2 aliphatic rings. The summed E-state index contributed by atoms with van der Waals surface area (Å²) in [5, 5.41) is 5.54. The van der Waals surface area contributed by atoms with Gasteiger partial charge in [-0.1, -0.05) is 0 Å². The fraction of sp³-hybridized carbons (Fsp3) is 0.917. The smallest absolute Gasteiger partial charge is 0.353 e. The number of amides is 1. The molecule has 2 N–H and O–H groups in total. The fourth-order valence-corrected chi connectivity index (χ4v) is 2.46. The van der Waals surface area contributed by atoms with Gasteiger partial charge in [0.05, 0.1) is 5.92 Å². The van der Waals surface area contributed by atoms with Gasteiger partial charge in [-0.3, -0.25) is 4.79 Å². The zero-order valence-electron chi connectivity index (χ0n) is 10.2.